The van der Waals surface area contributed by atoms with E-state index in [0.717, 1.165) is 109 Å². The Morgan fingerprint density at radius 2 is 0.554 bits per heavy atom. The highest BCUT2D eigenvalue weighted by molar-refractivity contribution is 5.71. The van der Waals surface area contributed by atoms with Crippen LogP contribution in [0.5, 0.6) is 0 Å². The molecular weight excluding hydrogens is 913 g/mol. The van der Waals surface area contributed by atoms with Crippen LogP contribution in [0.3, 0.4) is 0 Å². The van der Waals surface area contributed by atoms with Crippen molar-refractivity contribution in [3.05, 3.63) is 72.9 Å². The van der Waals surface area contributed by atoms with Gasteiger partial charge in [0.2, 0.25) is 0 Å². The van der Waals surface area contributed by atoms with Gasteiger partial charge in [-0.1, -0.05) is 293 Å². The van der Waals surface area contributed by atoms with Crippen molar-refractivity contribution in [1.29, 1.82) is 0 Å². The fourth-order valence-electron chi connectivity index (χ4n) is 9.18. The summed E-state index contributed by atoms with van der Waals surface area (Å²) >= 11 is 0. The molecule has 0 N–H and O–H groups in total. The summed E-state index contributed by atoms with van der Waals surface area (Å²) in [7, 11) is 0. The van der Waals surface area contributed by atoms with E-state index in [1.807, 2.05) is 0 Å². The van der Waals surface area contributed by atoms with Crippen molar-refractivity contribution in [2.45, 2.75) is 329 Å². The van der Waals surface area contributed by atoms with E-state index < -0.39 is 6.10 Å². The van der Waals surface area contributed by atoms with E-state index in [1.54, 1.807) is 0 Å². The fourth-order valence-corrected chi connectivity index (χ4v) is 9.18. The van der Waals surface area contributed by atoms with E-state index in [1.165, 1.54) is 173 Å². The SMILES string of the molecule is CC/C=C\C/C=C\C/C=C\C/C=C\CCCCCCCCCCCCCCC(=O)OCC(COC(=O)CCCCCCC/C=C\C/C=C\CCC)OC(=O)CCCCCCCCCCCCCCCCCCCC. The Bertz CT molecular complexity index is 1370. The molecule has 0 aromatic heterocycles. The second kappa shape index (κ2) is 62.4. The van der Waals surface area contributed by atoms with Crippen molar-refractivity contribution in [3.8, 4) is 0 Å². The van der Waals surface area contributed by atoms with E-state index in [4.69, 9.17) is 14.2 Å². The number of esters is 3. The van der Waals surface area contributed by atoms with Crippen LogP contribution in [0.15, 0.2) is 72.9 Å². The van der Waals surface area contributed by atoms with E-state index in [2.05, 4.69) is 93.7 Å². The van der Waals surface area contributed by atoms with Crippen molar-refractivity contribution in [2.75, 3.05) is 13.2 Å². The van der Waals surface area contributed by atoms with Gasteiger partial charge < -0.3 is 14.2 Å². The third-order valence-corrected chi connectivity index (χ3v) is 13.9. The van der Waals surface area contributed by atoms with Crippen LogP contribution in [0.1, 0.15) is 323 Å². The maximum Gasteiger partial charge on any atom is 0.306 e. The van der Waals surface area contributed by atoms with Gasteiger partial charge in [0.05, 0.1) is 0 Å². The summed E-state index contributed by atoms with van der Waals surface area (Å²) in [5, 5.41) is 0. The highest BCUT2D eigenvalue weighted by Crippen LogP contribution is 2.17. The van der Waals surface area contributed by atoms with Gasteiger partial charge >= 0.3 is 17.9 Å². The zero-order chi connectivity index (χ0) is 53.6. The van der Waals surface area contributed by atoms with Crippen LogP contribution < -0.4 is 0 Å². The minimum Gasteiger partial charge on any atom is -0.462 e. The van der Waals surface area contributed by atoms with Crippen LogP contribution in [0, 0.1) is 0 Å². The number of rotatable bonds is 58. The van der Waals surface area contributed by atoms with Crippen molar-refractivity contribution >= 4 is 17.9 Å². The average molecular weight is 1030 g/mol. The van der Waals surface area contributed by atoms with E-state index in [-0.39, 0.29) is 31.1 Å². The topological polar surface area (TPSA) is 78.9 Å². The van der Waals surface area contributed by atoms with E-state index in [0.29, 0.717) is 19.3 Å². The number of carbonyl (C=O) groups is 3. The van der Waals surface area contributed by atoms with Gasteiger partial charge in [-0.05, 0) is 83.5 Å². The number of ether oxygens (including phenoxy) is 3. The van der Waals surface area contributed by atoms with Crippen LogP contribution in [-0.2, 0) is 28.6 Å². The number of allylic oxidation sites excluding steroid dienone is 12. The zero-order valence-electron chi connectivity index (χ0n) is 49.1. The van der Waals surface area contributed by atoms with Crippen molar-refractivity contribution in [1.82, 2.24) is 0 Å². The molecule has 0 fully saturated rings. The lowest BCUT2D eigenvalue weighted by Crippen LogP contribution is -2.30. The monoisotopic (exact) mass is 1030 g/mol. The van der Waals surface area contributed by atoms with Gasteiger partial charge in [-0.25, -0.2) is 0 Å². The van der Waals surface area contributed by atoms with Gasteiger partial charge in [-0.15, -0.1) is 0 Å². The lowest BCUT2D eigenvalue weighted by atomic mass is 10.0. The van der Waals surface area contributed by atoms with E-state index >= 15 is 0 Å². The minimum absolute atomic E-state index is 0.0776. The molecule has 0 saturated heterocycles. The lowest BCUT2D eigenvalue weighted by Gasteiger charge is -2.18. The maximum atomic E-state index is 12.9. The number of carbonyl (C=O) groups excluding carboxylic acids is 3. The van der Waals surface area contributed by atoms with Gasteiger partial charge in [-0.2, -0.15) is 0 Å². The molecule has 0 radical (unpaired) electrons. The van der Waals surface area contributed by atoms with Crippen molar-refractivity contribution in [2.24, 2.45) is 0 Å². The summed E-state index contributed by atoms with van der Waals surface area (Å²) in [4.78, 5) is 38.3. The van der Waals surface area contributed by atoms with Gasteiger partial charge in [0.25, 0.3) is 0 Å². The Kier molecular flexibility index (Phi) is 59.7. The predicted molar refractivity (Wildman–Crippen MR) is 321 cm³/mol. The lowest BCUT2D eigenvalue weighted by molar-refractivity contribution is -0.167. The maximum absolute atomic E-state index is 12.9. The van der Waals surface area contributed by atoms with Gasteiger partial charge in [0.1, 0.15) is 13.2 Å². The Morgan fingerprint density at radius 1 is 0.284 bits per heavy atom. The highest BCUT2D eigenvalue weighted by atomic mass is 16.6. The second-order valence-corrected chi connectivity index (χ2v) is 21.3. The van der Waals surface area contributed by atoms with Gasteiger partial charge in [-0.3, -0.25) is 14.4 Å². The first kappa shape index (κ1) is 70.8. The first-order chi connectivity index (χ1) is 36.5. The molecule has 428 valence electrons. The first-order valence-electron chi connectivity index (χ1n) is 31.9. The molecule has 0 aliphatic carbocycles. The molecule has 0 saturated carbocycles. The predicted octanol–water partition coefficient (Wildman–Crippen LogP) is 21.7. The largest absolute Gasteiger partial charge is 0.462 e. The number of hydrogen-bond donors (Lipinski definition) is 0. The molecule has 0 amide bonds. The summed E-state index contributed by atoms with van der Waals surface area (Å²) in [5.74, 6) is -0.877. The van der Waals surface area contributed by atoms with Crippen molar-refractivity contribution in [3.63, 3.8) is 0 Å². The molecule has 1 atom stereocenters. The standard InChI is InChI=1S/C68H120O6/c1-4-7-10-13-16-19-22-25-27-29-31-32-33-34-35-36-37-39-40-43-46-49-52-55-58-61-67(70)73-64-65(63-72-66(69)60-57-54-51-48-45-42-24-21-18-15-12-9-6-3)74-68(71)62-59-56-53-50-47-44-41-38-30-28-26-23-20-17-14-11-8-5-2/h7,10,12,15-16,19,21,24-25,27,31-32,65H,4-6,8-9,11,13-14,17-18,20,22-23,26,28-30,33-64H2,1-3H3/b10-7-,15-12-,19-16-,24-21-,27-25-,32-31-. The Hall–Kier alpha value is -3.15. The molecule has 0 spiro atoms. The van der Waals surface area contributed by atoms with Crippen LogP contribution in [0.25, 0.3) is 0 Å². The molecule has 6 heteroatoms. The normalized spacial score (nSPS) is 12.5. The quantitative estimate of drug-likeness (QED) is 0.0261. The Morgan fingerprint density at radius 3 is 0.878 bits per heavy atom. The molecule has 1 unspecified atom stereocenters. The summed E-state index contributed by atoms with van der Waals surface area (Å²) in [6.07, 6.45) is 80.5. The third kappa shape index (κ3) is 59.7. The molecule has 74 heavy (non-hydrogen) atoms. The van der Waals surface area contributed by atoms with Crippen LogP contribution in [0.4, 0.5) is 0 Å². The summed E-state index contributed by atoms with van der Waals surface area (Å²) in [6.45, 7) is 6.49. The van der Waals surface area contributed by atoms with Crippen LogP contribution in [0.2, 0.25) is 0 Å². The van der Waals surface area contributed by atoms with Gasteiger partial charge in [0, 0.05) is 19.3 Å². The molecular formula is C68H120O6. The Balaban J connectivity index is 4.28. The molecule has 0 heterocycles. The average Bonchev–Trinajstić information content (AvgIpc) is 3.40. The third-order valence-electron chi connectivity index (χ3n) is 13.9. The smallest absolute Gasteiger partial charge is 0.306 e. The molecule has 6 nitrogen and oxygen atoms in total. The molecule has 0 rings (SSSR count). The molecule has 0 bridgehead atoms. The number of hydrogen-bond acceptors (Lipinski definition) is 6. The van der Waals surface area contributed by atoms with Gasteiger partial charge in [0.15, 0.2) is 6.10 Å². The number of unbranched alkanes of at least 4 members (excludes halogenated alkanes) is 35. The summed E-state index contributed by atoms with van der Waals surface area (Å²) in [5.41, 5.74) is 0. The molecule has 0 aromatic rings. The molecule has 0 aromatic carbocycles. The van der Waals surface area contributed by atoms with Crippen molar-refractivity contribution < 1.29 is 28.6 Å². The highest BCUT2D eigenvalue weighted by Gasteiger charge is 2.19. The molecule has 0 aliphatic rings. The zero-order valence-corrected chi connectivity index (χ0v) is 49.1. The Labute approximate surface area is 459 Å². The molecule has 0 aliphatic heterocycles. The van der Waals surface area contributed by atoms with E-state index in [9.17, 15) is 14.4 Å². The summed E-state index contributed by atoms with van der Waals surface area (Å²) in [6, 6.07) is 0. The van der Waals surface area contributed by atoms with Crippen LogP contribution in [-0.4, -0.2) is 37.2 Å². The van der Waals surface area contributed by atoms with Crippen LogP contribution >= 0.6 is 0 Å². The second-order valence-electron chi connectivity index (χ2n) is 21.3. The summed E-state index contributed by atoms with van der Waals surface area (Å²) < 4.78 is 16.9. The minimum atomic E-state index is -0.780. The fraction of sp³-hybridized carbons (Fsp3) is 0.779. The first-order valence-corrected chi connectivity index (χ1v) is 31.9.